The van der Waals surface area contributed by atoms with E-state index in [-0.39, 0.29) is 0 Å². The maximum atomic E-state index is 5.95. The summed E-state index contributed by atoms with van der Waals surface area (Å²) in [6.07, 6.45) is 5.19. The molecule has 0 aromatic carbocycles. The van der Waals surface area contributed by atoms with Crippen molar-refractivity contribution in [2.45, 2.75) is 13.5 Å². The molecule has 0 aliphatic rings. The molecule has 3 heterocycles. The number of nitrogen functional groups attached to an aromatic ring is 1. The second-order valence-corrected chi connectivity index (χ2v) is 4.79. The normalized spacial score (nSPS) is 11.1. The minimum absolute atomic E-state index is 0.431. The fourth-order valence-electron chi connectivity index (χ4n) is 2.01. The summed E-state index contributed by atoms with van der Waals surface area (Å²) in [6.45, 7) is 2.63. The number of nitrogens with zero attached hydrogens (tertiary/aromatic N) is 4. The molecule has 0 aliphatic carbocycles. The molecule has 0 saturated carbocycles. The predicted octanol–water partition coefficient (Wildman–Crippen LogP) is 2.42. The van der Waals surface area contributed by atoms with Gasteiger partial charge in [-0.05, 0) is 30.2 Å². The van der Waals surface area contributed by atoms with Gasteiger partial charge in [0.1, 0.15) is 5.52 Å². The molecule has 0 atom stereocenters. The molecule has 0 spiro atoms. The Morgan fingerprint density at radius 1 is 1.37 bits per heavy atom. The Bertz CT molecular complexity index is 750. The number of hydrogen-bond donors (Lipinski definition) is 1. The number of anilines is 1. The van der Waals surface area contributed by atoms with Crippen molar-refractivity contribution in [1.29, 1.82) is 0 Å². The molecule has 0 amide bonds. The van der Waals surface area contributed by atoms with E-state index in [1.54, 1.807) is 18.5 Å². The molecule has 6 heteroatoms. The molecule has 0 saturated heterocycles. The number of nitrogens with two attached hydrogens (primary N) is 1. The van der Waals surface area contributed by atoms with Gasteiger partial charge in [-0.15, -0.1) is 0 Å². The molecule has 2 N–H and O–H groups in total. The fraction of sp³-hybridized carbons (Fsp3) is 0.154. The van der Waals surface area contributed by atoms with Gasteiger partial charge >= 0.3 is 0 Å². The van der Waals surface area contributed by atoms with Gasteiger partial charge in [0.25, 0.3) is 0 Å². The third-order valence-corrected chi connectivity index (χ3v) is 3.25. The molecule has 3 aromatic heterocycles. The van der Waals surface area contributed by atoms with Crippen LogP contribution in [0.1, 0.15) is 11.1 Å². The van der Waals surface area contributed by atoms with E-state index in [9.17, 15) is 0 Å². The van der Waals surface area contributed by atoms with Crippen molar-refractivity contribution in [3.05, 3.63) is 46.9 Å². The first kappa shape index (κ1) is 11.9. The highest BCUT2D eigenvalue weighted by Crippen LogP contribution is 2.21. The molecule has 96 valence electrons. The minimum Gasteiger partial charge on any atom is -0.369 e. The second kappa shape index (κ2) is 4.51. The summed E-state index contributed by atoms with van der Waals surface area (Å²) in [5, 5.41) is 0.553. The van der Waals surface area contributed by atoms with Crippen LogP contribution in [0.15, 0.2) is 30.7 Å². The maximum absolute atomic E-state index is 5.95. The van der Waals surface area contributed by atoms with Gasteiger partial charge in [-0.1, -0.05) is 11.6 Å². The molecule has 3 rings (SSSR count). The number of imidazole rings is 1. The zero-order chi connectivity index (χ0) is 13.4. The van der Waals surface area contributed by atoms with Gasteiger partial charge in [0.2, 0.25) is 5.95 Å². The smallest absolute Gasteiger partial charge is 0.202 e. The van der Waals surface area contributed by atoms with Gasteiger partial charge in [-0.3, -0.25) is 9.55 Å². The van der Waals surface area contributed by atoms with E-state index in [1.807, 2.05) is 23.8 Å². The first-order valence-electron chi connectivity index (χ1n) is 5.82. The van der Waals surface area contributed by atoms with Crippen LogP contribution >= 0.6 is 11.6 Å². The van der Waals surface area contributed by atoms with E-state index >= 15 is 0 Å². The van der Waals surface area contributed by atoms with Crippen molar-refractivity contribution in [2.75, 3.05) is 5.73 Å². The number of rotatable bonds is 2. The highest BCUT2D eigenvalue weighted by Gasteiger charge is 2.11. The SMILES string of the molecule is Cc1cnccc1Cn1c(N)nc2cc(Cl)cnc21. The number of aryl methyl sites for hydroxylation is 1. The summed E-state index contributed by atoms with van der Waals surface area (Å²) in [6, 6.07) is 3.73. The average Bonchev–Trinajstić information content (AvgIpc) is 2.68. The van der Waals surface area contributed by atoms with Crippen LogP contribution in [0.2, 0.25) is 5.02 Å². The summed E-state index contributed by atoms with van der Waals surface area (Å²) >= 11 is 5.90. The highest BCUT2D eigenvalue weighted by atomic mass is 35.5. The molecular formula is C13H12ClN5. The molecule has 0 aliphatic heterocycles. The minimum atomic E-state index is 0.431. The molecule has 19 heavy (non-hydrogen) atoms. The lowest BCUT2D eigenvalue weighted by molar-refractivity contribution is 0.819. The molecule has 5 nitrogen and oxygen atoms in total. The fourth-order valence-corrected chi connectivity index (χ4v) is 2.16. The van der Waals surface area contributed by atoms with Crippen LogP contribution in [0.3, 0.4) is 0 Å². The molecule has 0 fully saturated rings. The van der Waals surface area contributed by atoms with Gasteiger partial charge in [-0.25, -0.2) is 9.97 Å². The zero-order valence-corrected chi connectivity index (χ0v) is 11.1. The number of aromatic nitrogens is 4. The lowest BCUT2D eigenvalue weighted by atomic mass is 10.1. The van der Waals surface area contributed by atoms with Gasteiger partial charge in [0, 0.05) is 18.6 Å². The van der Waals surface area contributed by atoms with Crippen LogP contribution in [0.5, 0.6) is 0 Å². The van der Waals surface area contributed by atoms with Gasteiger partial charge in [0.15, 0.2) is 5.65 Å². The Hall–Kier alpha value is -2.14. The van der Waals surface area contributed by atoms with Crippen molar-refractivity contribution in [1.82, 2.24) is 19.5 Å². The monoisotopic (exact) mass is 273 g/mol. The predicted molar refractivity (Wildman–Crippen MR) is 75.0 cm³/mol. The lowest BCUT2D eigenvalue weighted by Gasteiger charge is -2.08. The standard InChI is InChI=1S/C13H12ClN5/c1-8-5-16-3-2-9(8)7-19-12-11(18-13(19)15)4-10(14)6-17-12/h2-6H,7H2,1H3,(H2,15,18). The number of pyridine rings is 2. The number of hydrogen-bond acceptors (Lipinski definition) is 4. The summed E-state index contributed by atoms with van der Waals surface area (Å²) in [4.78, 5) is 12.7. The number of fused-ring (bicyclic) bond motifs is 1. The third-order valence-electron chi connectivity index (χ3n) is 3.05. The van der Waals surface area contributed by atoms with Gasteiger partial charge in [-0.2, -0.15) is 0 Å². The molecule has 0 radical (unpaired) electrons. The van der Waals surface area contributed by atoms with Crippen LogP contribution in [-0.2, 0) is 6.54 Å². The van der Waals surface area contributed by atoms with Crippen LogP contribution < -0.4 is 5.73 Å². The maximum Gasteiger partial charge on any atom is 0.202 e. The Morgan fingerprint density at radius 3 is 3.00 bits per heavy atom. The topological polar surface area (TPSA) is 69.6 Å². The van der Waals surface area contributed by atoms with E-state index in [0.29, 0.717) is 23.0 Å². The Morgan fingerprint density at radius 2 is 2.21 bits per heavy atom. The quantitative estimate of drug-likeness (QED) is 0.778. The van der Waals surface area contributed by atoms with E-state index in [4.69, 9.17) is 17.3 Å². The van der Waals surface area contributed by atoms with E-state index in [2.05, 4.69) is 15.0 Å². The second-order valence-electron chi connectivity index (χ2n) is 4.35. The van der Waals surface area contributed by atoms with Crippen molar-refractivity contribution in [2.24, 2.45) is 0 Å². The Kier molecular flexibility index (Phi) is 2.83. The van der Waals surface area contributed by atoms with E-state index < -0.39 is 0 Å². The lowest BCUT2D eigenvalue weighted by Crippen LogP contribution is -2.06. The first-order chi connectivity index (χ1) is 9.15. The number of halogens is 1. The van der Waals surface area contributed by atoms with Crippen LogP contribution in [0.4, 0.5) is 5.95 Å². The summed E-state index contributed by atoms with van der Waals surface area (Å²) in [5.41, 5.74) is 9.64. The van der Waals surface area contributed by atoms with Gasteiger partial charge < -0.3 is 5.73 Å². The first-order valence-corrected chi connectivity index (χ1v) is 6.19. The molecular weight excluding hydrogens is 262 g/mol. The zero-order valence-electron chi connectivity index (χ0n) is 10.3. The third kappa shape index (κ3) is 2.13. The van der Waals surface area contributed by atoms with E-state index in [0.717, 1.165) is 16.8 Å². The molecule has 0 unspecified atom stereocenters. The van der Waals surface area contributed by atoms with Crippen molar-refractivity contribution in [3.63, 3.8) is 0 Å². The van der Waals surface area contributed by atoms with Crippen molar-refractivity contribution < 1.29 is 0 Å². The Balaban J connectivity index is 2.10. The van der Waals surface area contributed by atoms with Crippen molar-refractivity contribution in [3.8, 4) is 0 Å². The van der Waals surface area contributed by atoms with Crippen LogP contribution in [-0.4, -0.2) is 19.5 Å². The Labute approximate surface area is 115 Å². The molecule has 0 bridgehead atoms. The summed E-state index contributed by atoms with van der Waals surface area (Å²) in [5.74, 6) is 0.431. The van der Waals surface area contributed by atoms with Gasteiger partial charge in [0.05, 0.1) is 11.6 Å². The molecule has 3 aromatic rings. The highest BCUT2D eigenvalue weighted by molar-refractivity contribution is 6.31. The summed E-state index contributed by atoms with van der Waals surface area (Å²) < 4.78 is 1.87. The van der Waals surface area contributed by atoms with Crippen LogP contribution in [0.25, 0.3) is 11.2 Å². The van der Waals surface area contributed by atoms with Crippen molar-refractivity contribution >= 4 is 28.7 Å². The van der Waals surface area contributed by atoms with Crippen LogP contribution in [0, 0.1) is 6.92 Å². The largest absolute Gasteiger partial charge is 0.369 e. The average molecular weight is 274 g/mol. The summed E-state index contributed by atoms with van der Waals surface area (Å²) in [7, 11) is 0. The van der Waals surface area contributed by atoms with E-state index in [1.165, 1.54) is 0 Å².